The van der Waals surface area contributed by atoms with Crippen molar-refractivity contribution in [3.63, 3.8) is 0 Å². The average molecular weight is 435 g/mol. The normalized spacial score (nSPS) is 10.4. The predicted molar refractivity (Wildman–Crippen MR) is 117 cm³/mol. The van der Waals surface area contributed by atoms with E-state index in [1.165, 1.54) is 0 Å². The third-order valence-electron chi connectivity index (χ3n) is 5.15. The molecular weight excluding hydrogens is 410 g/mol. The molecular formula is C24H25N3O5. The maximum atomic E-state index is 12.4. The second-order valence-corrected chi connectivity index (χ2v) is 7.21. The molecule has 0 radical (unpaired) electrons. The van der Waals surface area contributed by atoms with Gasteiger partial charge in [-0.3, -0.25) is 4.79 Å². The van der Waals surface area contributed by atoms with E-state index in [0.29, 0.717) is 29.4 Å². The molecule has 3 rings (SSSR count). The molecule has 32 heavy (non-hydrogen) atoms. The molecule has 166 valence electrons. The molecule has 8 heteroatoms. The highest BCUT2D eigenvalue weighted by Crippen LogP contribution is 2.27. The number of carbonyl (C=O) groups excluding carboxylic acids is 2. The van der Waals surface area contributed by atoms with Crippen molar-refractivity contribution in [1.82, 2.24) is 4.57 Å². The van der Waals surface area contributed by atoms with Crippen molar-refractivity contribution in [3.05, 3.63) is 70.8 Å². The van der Waals surface area contributed by atoms with E-state index in [1.807, 2.05) is 39.0 Å². The minimum Gasteiger partial charge on any atom is -0.482 e. The molecule has 0 saturated carbocycles. The number of benzene rings is 1. The first kappa shape index (κ1) is 22.7. The van der Waals surface area contributed by atoms with Crippen molar-refractivity contribution in [1.29, 1.82) is 5.26 Å². The van der Waals surface area contributed by atoms with Crippen molar-refractivity contribution in [2.75, 3.05) is 18.5 Å². The fourth-order valence-electron chi connectivity index (χ4n) is 3.21. The van der Waals surface area contributed by atoms with Crippen molar-refractivity contribution in [2.45, 2.75) is 33.7 Å². The van der Waals surface area contributed by atoms with Crippen LogP contribution >= 0.6 is 0 Å². The van der Waals surface area contributed by atoms with Crippen LogP contribution in [0.2, 0.25) is 0 Å². The molecule has 1 N–H and O–H groups in total. The molecule has 0 aliphatic rings. The maximum Gasteiger partial charge on any atom is 0.344 e. The molecule has 0 saturated heterocycles. The molecule has 0 bridgehead atoms. The summed E-state index contributed by atoms with van der Waals surface area (Å²) in [4.78, 5) is 24.4. The second-order valence-electron chi connectivity index (χ2n) is 7.21. The highest BCUT2D eigenvalue weighted by Gasteiger charge is 2.21. The number of hydrogen-bond acceptors (Lipinski definition) is 6. The van der Waals surface area contributed by atoms with Crippen LogP contribution in [0, 0.1) is 25.2 Å². The Bertz CT molecular complexity index is 1120. The molecule has 3 aromatic rings. The van der Waals surface area contributed by atoms with Gasteiger partial charge in [0.25, 0.3) is 5.91 Å². The van der Waals surface area contributed by atoms with E-state index in [1.54, 1.807) is 29.0 Å². The molecule has 0 aliphatic heterocycles. The first-order valence-corrected chi connectivity index (χ1v) is 10.2. The first-order valence-electron chi connectivity index (χ1n) is 10.2. The van der Waals surface area contributed by atoms with Crippen LogP contribution in [0.4, 0.5) is 5.82 Å². The van der Waals surface area contributed by atoms with E-state index in [9.17, 15) is 14.9 Å². The van der Waals surface area contributed by atoms with Gasteiger partial charge in [0.15, 0.2) is 13.2 Å². The Labute approximate surface area is 186 Å². The number of anilines is 1. The number of furan rings is 1. The van der Waals surface area contributed by atoms with Gasteiger partial charge in [0.05, 0.1) is 18.4 Å². The number of hydrogen-bond donors (Lipinski definition) is 1. The molecule has 0 fully saturated rings. The van der Waals surface area contributed by atoms with Gasteiger partial charge >= 0.3 is 5.97 Å². The van der Waals surface area contributed by atoms with Gasteiger partial charge in [-0.1, -0.05) is 19.1 Å². The van der Waals surface area contributed by atoms with Crippen LogP contribution < -0.4 is 10.1 Å². The summed E-state index contributed by atoms with van der Waals surface area (Å²) < 4.78 is 17.6. The highest BCUT2D eigenvalue weighted by atomic mass is 16.6. The Balaban J connectivity index is 1.58. The minimum absolute atomic E-state index is 0.310. The van der Waals surface area contributed by atoms with Crippen LogP contribution in [0.25, 0.3) is 0 Å². The Morgan fingerprint density at radius 1 is 1.16 bits per heavy atom. The fourth-order valence-corrected chi connectivity index (χ4v) is 3.21. The molecule has 2 heterocycles. The van der Waals surface area contributed by atoms with Crippen LogP contribution in [0.1, 0.15) is 35.1 Å². The van der Waals surface area contributed by atoms with Gasteiger partial charge in [-0.2, -0.15) is 5.26 Å². The van der Waals surface area contributed by atoms with E-state index in [-0.39, 0.29) is 6.61 Å². The standard InChI is InChI=1S/C24H25N3O5/c1-4-18-7-9-19(10-8-18)31-15-23(29)32-14-22(28)26-24-21(12-25)16(2)17(3)27(24)13-20-6-5-11-30-20/h5-11H,4,13-15H2,1-3H3,(H,26,28). The summed E-state index contributed by atoms with van der Waals surface area (Å²) in [5.74, 6) is 0.341. The molecule has 1 amide bonds. The van der Waals surface area contributed by atoms with E-state index >= 15 is 0 Å². The number of rotatable bonds is 9. The summed E-state index contributed by atoms with van der Waals surface area (Å²) in [6.07, 6.45) is 2.47. The zero-order valence-corrected chi connectivity index (χ0v) is 18.3. The maximum absolute atomic E-state index is 12.4. The highest BCUT2D eigenvalue weighted by molar-refractivity contribution is 5.93. The van der Waals surface area contributed by atoms with Gasteiger partial charge in [-0.15, -0.1) is 0 Å². The van der Waals surface area contributed by atoms with Gasteiger partial charge in [0.2, 0.25) is 0 Å². The van der Waals surface area contributed by atoms with E-state index in [4.69, 9.17) is 13.9 Å². The van der Waals surface area contributed by atoms with Crippen molar-refractivity contribution >= 4 is 17.7 Å². The number of esters is 1. The zero-order valence-electron chi connectivity index (χ0n) is 18.3. The number of nitriles is 1. The van der Waals surface area contributed by atoms with Gasteiger partial charge in [-0.25, -0.2) is 4.79 Å². The monoisotopic (exact) mass is 435 g/mol. The van der Waals surface area contributed by atoms with Crippen LogP contribution in [-0.4, -0.2) is 29.7 Å². The number of nitrogens with zero attached hydrogens (tertiary/aromatic N) is 2. The number of ether oxygens (including phenoxy) is 2. The number of amides is 1. The number of aromatic nitrogens is 1. The minimum atomic E-state index is -0.668. The molecule has 0 atom stereocenters. The van der Waals surface area contributed by atoms with Crippen molar-refractivity contribution in [2.24, 2.45) is 0 Å². The van der Waals surface area contributed by atoms with Gasteiger partial charge in [-0.05, 0) is 55.7 Å². The van der Waals surface area contributed by atoms with Gasteiger partial charge < -0.3 is 23.8 Å². The topological polar surface area (TPSA) is 106 Å². The third kappa shape index (κ3) is 5.38. The lowest BCUT2D eigenvalue weighted by atomic mass is 10.2. The smallest absolute Gasteiger partial charge is 0.344 e. The summed E-state index contributed by atoms with van der Waals surface area (Å²) in [5, 5.41) is 12.3. The van der Waals surface area contributed by atoms with Crippen LogP contribution in [0.3, 0.4) is 0 Å². The predicted octanol–water partition coefficient (Wildman–Crippen LogP) is 3.74. The average Bonchev–Trinajstić information content (AvgIpc) is 3.39. The summed E-state index contributed by atoms with van der Waals surface area (Å²) in [5.41, 5.74) is 3.10. The Morgan fingerprint density at radius 3 is 2.53 bits per heavy atom. The third-order valence-corrected chi connectivity index (χ3v) is 5.15. The van der Waals surface area contributed by atoms with Gasteiger partial charge in [0.1, 0.15) is 23.4 Å². The lowest BCUT2D eigenvalue weighted by Gasteiger charge is -2.12. The molecule has 1 aromatic carbocycles. The molecule has 0 spiro atoms. The van der Waals surface area contributed by atoms with Crippen LogP contribution in [-0.2, 0) is 27.3 Å². The fraction of sp³-hybridized carbons (Fsp3) is 0.292. The second kappa shape index (κ2) is 10.4. The zero-order chi connectivity index (χ0) is 23.1. The van der Waals surface area contributed by atoms with Crippen LogP contribution in [0.15, 0.2) is 47.1 Å². The summed E-state index contributed by atoms with van der Waals surface area (Å²) in [6.45, 7) is 5.27. The molecule has 2 aromatic heterocycles. The number of aryl methyl sites for hydroxylation is 1. The lowest BCUT2D eigenvalue weighted by Crippen LogP contribution is -2.25. The number of carbonyl (C=O) groups is 2. The van der Waals surface area contributed by atoms with E-state index < -0.39 is 18.5 Å². The summed E-state index contributed by atoms with van der Waals surface area (Å²) in [6, 6.07) is 13.1. The summed E-state index contributed by atoms with van der Waals surface area (Å²) >= 11 is 0. The molecule has 0 aliphatic carbocycles. The summed E-state index contributed by atoms with van der Waals surface area (Å²) in [7, 11) is 0. The Kier molecular flexibility index (Phi) is 7.34. The largest absolute Gasteiger partial charge is 0.482 e. The van der Waals surface area contributed by atoms with Gasteiger partial charge in [0, 0.05) is 5.69 Å². The van der Waals surface area contributed by atoms with Crippen molar-refractivity contribution in [3.8, 4) is 11.8 Å². The SMILES string of the molecule is CCc1ccc(OCC(=O)OCC(=O)Nc2c(C#N)c(C)c(C)n2Cc2ccco2)cc1. The number of nitrogens with one attached hydrogen (secondary N) is 1. The van der Waals surface area contributed by atoms with E-state index in [2.05, 4.69) is 11.4 Å². The molecule has 8 nitrogen and oxygen atoms in total. The molecule has 0 unspecified atom stereocenters. The Morgan fingerprint density at radius 2 is 1.91 bits per heavy atom. The lowest BCUT2D eigenvalue weighted by molar-refractivity contribution is -0.149. The van der Waals surface area contributed by atoms with Crippen LogP contribution in [0.5, 0.6) is 5.75 Å². The first-order chi connectivity index (χ1) is 15.4. The quantitative estimate of drug-likeness (QED) is 0.513. The van der Waals surface area contributed by atoms with Crippen molar-refractivity contribution < 1.29 is 23.5 Å². The van der Waals surface area contributed by atoms with E-state index in [0.717, 1.165) is 23.2 Å². The Hall–Kier alpha value is -3.99.